The number of nitro groups is 1. The van der Waals surface area contributed by atoms with Gasteiger partial charge in [-0.2, -0.15) is 0 Å². The lowest BCUT2D eigenvalue weighted by Crippen LogP contribution is -2.71. The lowest BCUT2D eigenvalue weighted by molar-refractivity contribution is -0.384. The fourth-order valence-electron chi connectivity index (χ4n) is 4.31. The summed E-state index contributed by atoms with van der Waals surface area (Å²) < 4.78 is 4.95. The molecule has 11 nitrogen and oxygen atoms in total. The number of nitro benzene ring substituents is 1. The number of esters is 1. The third-order valence-corrected chi connectivity index (χ3v) is 6.38. The fourth-order valence-corrected chi connectivity index (χ4v) is 4.59. The number of ketones is 1. The Morgan fingerprint density at radius 3 is 2.38 bits per heavy atom. The number of hydrogen-bond donors (Lipinski definition) is 4. The molecule has 200 valence electrons. The molecule has 0 saturated carbocycles. The zero-order valence-corrected chi connectivity index (χ0v) is 21.4. The zero-order chi connectivity index (χ0) is 28.2. The maximum absolute atomic E-state index is 13.8. The van der Waals surface area contributed by atoms with E-state index in [4.69, 9.17) is 17.0 Å². The summed E-state index contributed by atoms with van der Waals surface area (Å²) >= 11 is 5.27. The molecule has 3 aromatic carbocycles. The molecule has 1 aliphatic heterocycles. The van der Waals surface area contributed by atoms with Crippen molar-refractivity contribution in [3.63, 3.8) is 0 Å². The predicted octanol–water partition coefficient (Wildman–Crippen LogP) is 3.12. The molecule has 1 aliphatic rings. The maximum Gasteiger partial charge on any atom is 0.338 e. The summed E-state index contributed by atoms with van der Waals surface area (Å²) in [6.45, 7) is 1.88. The Labute approximate surface area is 228 Å². The van der Waals surface area contributed by atoms with Crippen molar-refractivity contribution in [2.45, 2.75) is 18.7 Å². The second-order valence-electron chi connectivity index (χ2n) is 8.65. The van der Waals surface area contributed by atoms with Crippen LogP contribution in [-0.4, -0.2) is 45.1 Å². The number of nitrogens with one attached hydrogen (secondary N) is 3. The summed E-state index contributed by atoms with van der Waals surface area (Å²) in [5.41, 5.74) is -1.83. The quantitative estimate of drug-likeness (QED) is 0.108. The molecule has 4 rings (SSSR count). The average molecular weight is 549 g/mol. The van der Waals surface area contributed by atoms with Gasteiger partial charge in [-0.25, -0.2) is 4.79 Å². The Balaban J connectivity index is 1.74. The molecular weight excluding hydrogens is 524 g/mol. The molecule has 0 aliphatic carbocycles. The number of nitrogens with zero attached hydrogens (tertiary/aromatic N) is 1. The number of benzene rings is 3. The first-order valence-corrected chi connectivity index (χ1v) is 12.3. The standard InChI is InChI=1S/C27H24N4O7S/c1-2-38-24(33)17-11-13-19(14-12-17)28-25(34)27(35)21(23(32)16-7-4-3-5-8-16)22(29-26(39)30-27)18-9-6-10-20(15-18)31(36)37/h3-15,21-22,35H,2H2,1H3,(H,28,34)(H2,29,30,39). The minimum Gasteiger partial charge on any atom is -0.462 e. The van der Waals surface area contributed by atoms with E-state index in [-0.39, 0.29) is 39.8 Å². The van der Waals surface area contributed by atoms with Crippen molar-refractivity contribution >= 4 is 46.4 Å². The van der Waals surface area contributed by atoms with Crippen LogP contribution in [-0.2, 0) is 9.53 Å². The molecular formula is C27H24N4O7S. The van der Waals surface area contributed by atoms with Crippen LogP contribution in [0.2, 0.25) is 0 Å². The summed E-state index contributed by atoms with van der Waals surface area (Å²) in [4.78, 5) is 50.2. The molecule has 1 fully saturated rings. The number of aliphatic hydroxyl groups is 1. The third kappa shape index (κ3) is 5.76. The first-order valence-electron chi connectivity index (χ1n) is 11.9. The van der Waals surface area contributed by atoms with Crippen LogP contribution in [0.4, 0.5) is 11.4 Å². The second kappa shape index (κ2) is 11.4. The smallest absolute Gasteiger partial charge is 0.338 e. The lowest BCUT2D eigenvalue weighted by atomic mass is 9.77. The minimum atomic E-state index is -2.57. The van der Waals surface area contributed by atoms with Crippen LogP contribution < -0.4 is 16.0 Å². The fraction of sp³-hybridized carbons (Fsp3) is 0.185. The van der Waals surface area contributed by atoms with Gasteiger partial charge in [-0.3, -0.25) is 19.7 Å². The molecule has 3 atom stereocenters. The van der Waals surface area contributed by atoms with E-state index in [1.54, 1.807) is 25.1 Å². The average Bonchev–Trinajstić information content (AvgIpc) is 2.93. The van der Waals surface area contributed by atoms with Crippen LogP contribution in [0.25, 0.3) is 0 Å². The first-order chi connectivity index (χ1) is 18.6. The topological polar surface area (TPSA) is 160 Å². The number of thiocarbonyl (C=S) groups is 1. The van der Waals surface area contributed by atoms with E-state index in [1.165, 1.54) is 60.7 Å². The van der Waals surface area contributed by atoms with E-state index in [0.717, 1.165) is 0 Å². The third-order valence-electron chi connectivity index (χ3n) is 6.16. The predicted molar refractivity (Wildman–Crippen MR) is 145 cm³/mol. The van der Waals surface area contributed by atoms with E-state index in [9.17, 15) is 29.6 Å². The number of carbonyl (C=O) groups is 3. The summed E-state index contributed by atoms with van der Waals surface area (Å²) in [7, 11) is 0. The highest BCUT2D eigenvalue weighted by Gasteiger charge is 2.55. The van der Waals surface area contributed by atoms with E-state index in [0.29, 0.717) is 0 Å². The number of hydrogen-bond acceptors (Lipinski definition) is 8. The van der Waals surface area contributed by atoms with Crippen molar-refractivity contribution in [2.75, 3.05) is 11.9 Å². The highest BCUT2D eigenvalue weighted by molar-refractivity contribution is 7.80. The van der Waals surface area contributed by atoms with E-state index in [2.05, 4.69) is 16.0 Å². The van der Waals surface area contributed by atoms with Crippen LogP contribution in [0.1, 0.15) is 39.2 Å². The molecule has 1 amide bonds. The number of Topliss-reactive ketones (excluding diaryl/α,β-unsaturated/α-hetero) is 1. The Morgan fingerprint density at radius 1 is 1.05 bits per heavy atom. The summed E-state index contributed by atoms with van der Waals surface area (Å²) in [5, 5.41) is 31.1. The minimum absolute atomic E-state index is 0.140. The van der Waals surface area contributed by atoms with Crippen LogP contribution in [0.15, 0.2) is 78.9 Å². The van der Waals surface area contributed by atoms with Gasteiger partial charge in [-0.05, 0) is 49.0 Å². The highest BCUT2D eigenvalue weighted by atomic mass is 32.1. The highest BCUT2D eigenvalue weighted by Crippen LogP contribution is 2.37. The number of amides is 1. The van der Waals surface area contributed by atoms with Crippen molar-refractivity contribution in [3.8, 4) is 0 Å². The van der Waals surface area contributed by atoms with Gasteiger partial charge < -0.3 is 25.8 Å². The number of rotatable bonds is 8. The Morgan fingerprint density at radius 2 is 1.74 bits per heavy atom. The van der Waals surface area contributed by atoms with Crippen molar-refractivity contribution in [1.82, 2.24) is 10.6 Å². The maximum atomic E-state index is 13.8. The van der Waals surface area contributed by atoms with Gasteiger partial charge in [-0.15, -0.1) is 0 Å². The number of non-ortho nitro benzene ring substituents is 1. The molecule has 0 radical (unpaired) electrons. The van der Waals surface area contributed by atoms with E-state index in [1.807, 2.05) is 0 Å². The number of ether oxygens (including phenoxy) is 1. The molecule has 3 unspecified atom stereocenters. The monoisotopic (exact) mass is 548 g/mol. The molecule has 39 heavy (non-hydrogen) atoms. The lowest BCUT2D eigenvalue weighted by Gasteiger charge is -2.44. The molecule has 0 bridgehead atoms. The van der Waals surface area contributed by atoms with Gasteiger partial charge in [0.25, 0.3) is 11.6 Å². The van der Waals surface area contributed by atoms with Gasteiger partial charge in [0.05, 0.1) is 23.1 Å². The molecule has 0 spiro atoms. The van der Waals surface area contributed by atoms with Crippen LogP contribution in [0.5, 0.6) is 0 Å². The van der Waals surface area contributed by atoms with Gasteiger partial charge >= 0.3 is 5.97 Å². The summed E-state index contributed by atoms with van der Waals surface area (Å²) in [5.74, 6) is -3.65. The molecule has 12 heteroatoms. The molecule has 0 aromatic heterocycles. The van der Waals surface area contributed by atoms with Crippen molar-refractivity contribution < 1.29 is 29.2 Å². The van der Waals surface area contributed by atoms with E-state index >= 15 is 0 Å². The van der Waals surface area contributed by atoms with Crippen LogP contribution >= 0.6 is 12.2 Å². The molecule has 1 heterocycles. The molecule has 1 saturated heterocycles. The number of anilines is 1. The van der Waals surface area contributed by atoms with Gasteiger partial charge in [0.1, 0.15) is 5.92 Å². The van der Waals surface area contributed by atoms with Crippen LogP contribution in [0, 0.1) is 16.0 Å². The molecule has 3 aromatic rings. The summed E-state index contributed by atoms with van der Waals surface area (Å²) in [6.07, 6.45) is 0. The SMILES string of the molecule is CCOC(=O)c1ccc(NC(=O)C2(O)NC(=S)NC(c3cccc([N+](=O)[O-])c3)C2C(=O)c2ccccc2)cc1. The van der Waals surface area contributed by atoms with Gasteiger partial charge in [0.2, 0.25) is 5.72 Å². The largest absolute Gasteiger partial charge is 0.462 e. The second-order valence-corrected chi connectivity index (χ2v) is 9.06. The van der Waals surface area contributed by atoms with Crippen molar-refractivity contribution in [2.24, 2.45) is 5.92 Å². The normalized spacial score (nSPS) is 20.2. The van der Waals surface area contributed by atoms with Crippen molar-refractivity contribution in [3.05, 3.63) is 106 Å². The van der Waals surface area contributed by atoms with Crippen LogP contribution in [0.3, 0.4) is 0 Å². The Bertz CT molecular complexity index is 1430. The Hall–Kier alpha value is -4.68. The first kappa shape index (κ1) is 27.4. The van der Waals surface area contributed by atoms with Gasteiger partial charge in [0, 0.05) is 23.4 Å². The summed E-state index contributed by atoms with van der Waals surface area (Å²) in [6, 6.07) is 18.2. The Kier molecular flexibility index (Phi) is 7.98. The zero-order valence-electron chi connectivity index (χ0n) is 20.6. The number of carbonyl (C=O) groups excluding carboxylic acids is 3. The molecule has 4 N–H and O–H groups in total. The van der Waals surface area contributed by atoms with Gasteiger partial charge in [-0.1, -0.05) is 42.5 Å². The van der Waals surface area contributed by atoms with E-state index < -0.39 is 40.3 Å². The van der Waals surface area contributed by atoms with Gasteiger partial charge in [0.15, 0.2) is 10.9 Å². The van der Waals surface area contributed by atoms with Crippen molar-refractivity contribution in [1.29, 1.82) is 0 Å².